The van der Waals surface area contributed by atoms with Crippen molar-refractivity contribution in [2.45, 2.75) is 12.3 Å². The van der Waals surface area contributed by atoms with Crippen LogP contribution in [0.25, 0.3) is 0 Å². The summed E-state index contributed by atoms with van der Waals surface area (Å²) in [4.78, 5) is 9.81. The van der Waals surface area contributed by atoms with E-state index >= 15 is 0 Å². The highest BCUT2D eigenvalue weighted by Gasteiger charge is 2.42. The number of hydrogen-bond acceptors (Lipinski definition) is 5. The minimum atomic E-state index is -4.96. The third-order valence-corrected chi connectivity index (χ3v) is 2.33. The maximum Gasteiger partial charge on any atom is 0.418 e. The number of halogens is 3. The third kappa shape index (κ3) is 3.05. The van der Waals surface area contributed by atoms with Crippen molar-refractivity contribution in [3.8, 4) is 11.5 Å². The summed E-state index contributed by atoms with van der Waals surface area (Å²) in [6.45, 7) is 0. The van der Waals surface area contributed by atoms with E-state index in [-0.39, 0.29) is 11.5 Å². The number of alkyl halides is 3. The van der Waals surface area contributed by atoms with Crippen LogP contribution < -0.4 is 9.47 Å². The molecule has 0 aliphatic rings. The van der Waals surface area contributed by atoms with E-state index in [4.69, 9.17) is 0 Å². The first-order chi connectivity index (χ1) is 8.72. The molecule has 0 saturated heterocycles. The molecule has 0 spiro atoms. The van der Waals surface area contributed by atoms with E-state index in [1.807, 2.05) is 0 Å². The molecule has 1 atom stereocenters. The molecule has 0 aromatic heterocycles. The quantitative estimate of drug-likeness (QED) is 0.675. The zero-order valence-corrected chi connectivity index (χ0v) is 9.89. The van der Waals surface area contributed by atoms with Gasteiger partial charge >= 0.3 is 11.9 Å². The van der Waals surface area contributed by atoms with Gasteiger partial charge in [0.1, 0.15) is 5.75 Å². The maximum absolute atomic E-state index is 12.5. The van der Waals surface area contributed by atoms with Crippen LogP contribution in [0.1, 0.15) is 11.7 Å². The second-order valence-corrected chi connectivity index (χ2v) is 3.47. The Balaban J connectivity index is 3.46. The van der Waals surface area contributed by atoms with Crippen molar-refractivity contribution >= 4 is 5.69 Å². The molecule has 0 bridgehead atoms. The van der Waals surface area contributed by atoms with Crippen molar-refractivity contribution in [2.75, 3.05) is 14.2 Å². The van der Waals surface area contributed by atoms with E-state index < -0.39 is 28.5 Å². The first-order valence-electron chi connectivity index (χ1n) is 4.87. The standard InChI is InChI=1S/C10H10F3NO5/c1-18-7-4-8(19-2)6(14(16)17)3-5(7)9(15)10(11,12)13/h3-4,9,15H,1-2H3. The number of benzene rings is 1. The van der Waals surface area contributed by atoms with Crippen LogP contribution in [0.15, 0.2) is 12.1 Å². The first kappa shape index (κ1) is 15.0. The molecule has 106 valence electrons. The summed E-state index contributed by atoms with van der Waals surface area (Å²) in [6, 6.07) is 1.50. The summed E-state index contributed by atoms with van der Waals surface area (Å²) in [7, 11) is 2.20. The molecule has 1 aromatic rings. The van der Waals surface area contributed by atoms with Gasteiger partial charge in [0, 0.05) is 17.7 Å². The fourth-order valence-corrected chi connectivity index (χ4v) is 1.44. The Kier molecular flexibility index (Phi) is 4.20. The van der Waals surface area contributed by atoms with E-state index in [1.54, 1.807) is 0 Å². The van der Waals surface area contributed by atoms with Gasteiger partial charge in [-0.15, -0.1) is 0 Å². The summed E-state index contributed by atoms with van der Waals surface area (Å²) in [5, 5.41) is 19.9. The normalized spacial score (nSPS) is 12.9. The Morgan fingerprint density at radius 2 is 1.79 bits per heavy atom. The van der Waals surface area contributed by atoms with Gasteiger partial charge < -0.3 is 14.6 Å². The Hall–Kier alpha value is -2.03. The van der Waals surface area contributed by atoms with Gasteiger partial charge in [0.2, 0.25) is 5.75 Å². The largest absolute Gasteiger partial charge is 0.496 e. The molecule has 1 unspecified atom stereocenters. The Morgan fingerprint density at radius 3 is 2.16 bits per heavy atom. The van der Waals surface area contributed by atoms with E-state index in [2.05, 4.69) is 9.47 Å². The second-order valence-electron chi connectivity index (χ2n) is 3.47. The molecule has 1 rings (SSSR count). The van der Waals surface area contributed by atoms with Gasteiger partial charge in [0.15, 0.2) is 6.10 Å². The number of hydrogen-bond donors (Lipinski definition) is 1. The summed E-state index contributed by atoms with van der Waals surface area (Å²) in [5.41, 5.74) is -1.44. The van der Waals surface area contributed by atoms with Crippen molar-refractivity contribution in [1.82, 2.24) is 0 Å². The molecule has 0 radical (unpaired) electrons. The molecule has 19 heavy (non-hydrogen) atoms. The lowest BCUT2D eigenvalue weighted by molar-refractivity contribution is -0.385. The number of ether oxygens (including phenoxy) is 2. The fraction of sp³-hybridized carbons (Fsp3) is 0.400. The lowest BCUT2D eigenvalue weighted by Crippen LogP contribution is -2.21. The number of rotatable bonds is 4. The summed E-state index contributed by atoms with van der Waals surface area (Å²) < 4.78 is 46.7. The maximum atomic E-state index is 12.5. The monoisotopic (exact) mass is 281 g/mol. The van der Waals surface area contributed by atoms with Gasteiger partial charge in [0.05, 0.1) is 19.1 Å². The van der Waals surface area contributed by atoms with Crippen LogP contribution in [0.5, 0.6) is 11.5 Å². The van der Waals surface area contributed by atoms with Gasteiger partial charge in [-0.25, -0.2) is 0 Å². The first-order valence-corrected chi connectivity index (χ1v) is 4.87. The Morgan fingerprint density at radius 1 is 1.26 bits per heavy atom. The number of nitro benzene ring substituents is 1. The van der Waals surface area contributed by atoms with E-state index in [9.17, 15) is 28.4 Å². The third-order valence-electron chi connectivity index (χ3n) is 2.33. The van der Waals surface area contributed by atoms with E-state index in [1.165, 1.54) is 0 Å². The molecule has 6 nitrogen and oxygen atoms in total. The minimum Gasteiger partial charge on any atom is -0.496 e. The number of aliphatic hydroxyl groups excluding tert-OH is 1. The molecular formula is C10H10F3NO5. The lowest BCUT2D eigenvalue weighted by Gasteiger charge is -2.18. The second kappa shape index (κ2) is 5.31. The molecule has 0 saturated carbocycles. The van der Waals surface area contributed by atoms with Crippen molar-refractivity contribution in [2.24, 2.45) is 0 Å². The van der Waals surface area contributed by atoms with Crippen LogP contribution in [0.4, 0.5) is 18.9 Å². The van der Waals surface area contributed by atoms with Gasteiger partial charge in [-0.2, -0.15) is 13.2 Å². The van der Waals surface area contributed by atoms with Gasteiger partial charge in [0.25, 0.3) is 0 Å². The van der Waals surface area contributed by atoms with Crippen molar-refractivity contribution in [1.29, 1.82) is 0 Å². The van der Waals surface area contributed by atoms with Gasteiger partial charge in [-0.3, -0.25) is 10.1 Å². The molecule has 0 amide bonds. The van der Waals surface area contributed by atoms with Crippen molar-refractivity contribution in [3.63, 3.8) is 0 Å². The number of methoxy groups -OCH3 is 2. The van der Waals surface area contributed by atoms with Crippen LogP contribution in [0.2, 0.25) is 0 Å². The highest BCUT2D eigenvalue weighted by molar-refractivity contribution is 5.55. The average Bonchev–Trinajstić information content (AvgIpc) is 2.34. The Bertz CT molecular complexity index is 489. The minimum absolute atomic E-state index is 0.264. The van der Waals surface area contributed by atoms with Crippen LogP contribution in [0.3, 0.4) is 0 Å². The Labute approximate surface area is 105 Å². The molecule has 0 aliphatic heterocycles. The molecule has 0 aliphatic carbocycles. The smallest absolute Gasteiger partial charge is 0.418 e. The molecule has 0 fully saturated rings. The molecule has 9 heteroatoms. The zero-order chi connectivity index (χ0) is 14.8. The predicted molar refractivity (Wildman–Crippen MR) is 57.2 cm³/mol. The van der Waals surface area contributed by atoms with Crippen LogP contribution in [0, 0.1) is 10.1 Å². The van der Waals surface area contributed by atoms with Crippen molar-refractivity contribution in [3.05, 3.63) is 27.8 Å². The number of nitrogens with zero attached hydrogens (tertiary/aromatic N) is 1. The van der Waals surface area contributed by atoms with E-state index in [0.29, 0.717) is 6.07 Å². The van der Waals surface area contributed by atoms with Gasteiger partial charge in [-0.1, -0.05) is 0 Å². The fourth-order valence-electron chi connectivity index (χ4n) is 1.44. The van der Waals surface area contributed by atoms with Crippen LogP contribution in [-0.4, -0.2) is 30.4 Å². The van der Waals surface area contributed by atoms with Crippen LogP contribution >= 0.6 is 0 Å². The molecule has 1 aromatic carbocycles. The van der Waals surface area contributed by atoms with E-state index in [0.717, 1.165) is 20.3 Å². The predicted octanol–water partition coefficient (Wildman–Crippen LogP) is 2.21. The zero-order valence-electron chi connectivity index (χ0n) is 9.89. The summed E-state index contributed by atoms with van der Waals surface area (Å²) in [6.07, 6.45) is -7.84. The summed E-state index contributed by atoms with van der Waals surface area (Å²) in [5.74, 6) is -0.618. The SMILES string of the molecule is COc1cc(OC)c([N+](=O)[O-])cc1C(O)C(F)(F)F. The van der Waals surface area contributed by atoms with Crippen LogP contribution in [-0.2, 0) is 0 Å². The number of aliphatic hydroxyl groups is 1. The van der Waals surface area contributed by atoms with Crippen molar-refractivity contribution < 1.29 is 32.7 Å². The molecular weight excluding hydrogens is 271 g/mol. The number of nitro groups is 1. The topological polar surface area (TPSA) is 81.8 Å². The van der Waals surface area contributed by atoms with Gasteiger partial charge in [-0.05, 0) is 0 Å². The average molecular weight is 281 g/mol. The molecule has 0 heterocycles. The molecule has 1 N–H and O–H groups in total. The lowest BCUT2D eigenvalue weighted by atomic mass is 10.1. The summed E-state index contributed by atoms with van der Waals surface area (Å²) >= 11 is 0. The highest BCUT2D eigenvalue weighted by atomic mass is 19.4. The highest BCUT2D eigenvalue weighted by Crippen LogP contribution is 2.42.